The van der Waals surface area contributed by atoms with Gasteiger partial charge in [0.05, 0.1) is 16.6 Å². The van der Waals surface area contributed by atoms with Crippen LogP contribution < -0.4 is 10.8 Å². The second kappa shape index (κ2) is 8.93. The van der Waals surface area contributed by atoms with Crippen LogP contribution in [0.1, 0.15) is 37.4 Å². The number of rotatable bonds is 5. The van der Waals surface area contributed by atoms with Gasteiger partial charge in [-0.05, 0) is 68.5 Å². The minimum Gasteiger partial charge on any atom is -0.322 e. The topological polar surface area (TPSA) is 94.6 Å². The van der Waals surface area contributed by atoms with Gasteiger partial charge in [0.25, 0.3) is 11.8 Å². The van der Waals surface area contributed by atoms with E-state index in [1.54, 1.807) is 49.6 Å². The molecule has 1 aromatic heterocycles. The molecule has 0 radical (unpaired) electrons. The molecule has 2 aromatic carbocycles. The van der Waals surface area contributed by atoms with Gasteiger partial charge in [-0.15, -0.1) is 0 Å². The Morgan fingerprint density at radius 2 is 1.81 bits per heavy atom. The van der Waals surface area contributed by atoms with Gasteiger partial charge in [-0.3, -0.25) is 19.8 Å². The van der Waals surface area contributed by atoms with Gasteiger partial charge in [0.15, 0.2) is 0 Å². The molecular formula is C22H21F3N4O3. The molecule has 168 valence electrons. The molecule has 3 rings (SSSR count). The van der Waals surface area contributed by atoms with Crippen molar-refractivity contribution in [2.24, 2.45) is 0 Å². The maximum Gasteiger partial charge on any atom is 0.416 e. The molecule has 0 spiro atoms. The summed E-state index contributed by atoms with van der Waals surface area (Å²) >= 11 is 0. The molecule has 0 saturated carbocycles. The summed E-state index contributed by atoms with van der Waals surface area (Å²) in [5.74, 6) is -1.44. The largest absolute Gasteiger partial charge is 0.416 e. The number of benzene rings is 2. The molecule has 0 fully saturated rings. The van der Waals surface area contributed by atoms with Gasteiger partial charge in [0.2, 0.25) is 0 Å². The minimum atomic E-state index is -4.59. The van der Waals surface area contributed by atoms with Crippen molar-refractivity contribution < 1.29 is 28.0 Å². The zero-order valence-corrected chi connectivity index (χ0v) is 17.5. The molecular weight excluding hydrogens is 425 g/mol. The summed E-state index contributed by atoms with van der Waals surface area (Å²) in [5, 5.41) is 12.0. The lowest BCUT2D eigenvalue weighted by molar-refractivity contribution is -0.137. The summed E-state index contributed by atoms with van der Waals surface area (Å²) in [6, 6.07) is 8.00. The van der Waals surface area contributed by atoms with Gasteiger partial charge in [-0.1, -0.05) is 0 Å². The SMILES string of the molecule is Cc1c(C(=O)NO)cnc2ccc(NC(=O)c3cc(CN(C)C)cc(C(F)(F)F)c3)cc12. The molecule has 2 amide bonds. The number of carbonyl (C=O) groups is 2. The van der Waals surface area contributed by atoms with E-state index in [0.29, 0.717) is 27.7 Å². The van der Waals surface area contributed by atoms with E-state index in [1.165, 1.54) is 12.3 Å². The van der Waals surface area contributed by atoms with Crippen LogP contribution in [0.4, 0.5) is 18.9 Å². The molecule has 0 aliphatic heterocycles. The molecule has 10 heteroatoms. The second-order valence-corrected chi connectivity index (χ2v) is 7.58. The van der Waals surface area contributed by atoms with E-state index in [-0.39, 0.29) is 17.7 Å². The van der Waals surface area contributed by atoms with Gasteiger partial charge >= 0.3 is 6.18 Å². The third-order valence-corrected chi connectivity index (χ3v) is 4.82. The van der Waals surface area contributed by atoms with Gasteiger partial charge < -0.3 is 10.2 Å². The first-order valence-corrected chi connectivity index (χ1v) is 9.50. The summed E-state index contributed by atoms with van der Waals surface area (Å²) in [4.78, 5) is 30.4. The maximum absolute atomic E-state index is 13.3. The van der Waals surface area contributed by atoms with Gasteiger partial charge in [0, 0.05) is 29.4 Å². The van der Waals surface area contributed by atoms with Crippen LogP contribution in [0.25, 0.3) is 10.9 Å². The first-order chi connectivity index (χ1) is 15.0. The number of aryl methyl sites for hydroxylation is 1. The molecule has 3 N–H and O–H groups in total. The van der Waals surface area contributed by atoms with Crippen LogP contribution in [0, 0.1) is 6.92 Å². The highest BCUT2D eigenvalue weighted by Crippen LogP contribution is 2.31. The molecule has 0 aliphatic carbocycles. The average Bonchev–Trinajstić information content (AvgIpc) is 2.72. The highest BCUT2D eigenvalue weighted by molar-refractivity contribution is 6.06. The highest BCUT2D eigenvalue weighted by Gasteiger charge is 2.32. The van der Waals surface area contributed by atoms with E-state index in [9.17, 15) is 22.8 Å². The lowest BCUT2D eigenvalue weighted by Crippen LogP contribution is -2.20. The zero-order chi connectivity index (χ0) is 23.6. The lowest BCUT2D eigenvalue weighted by atomic mass is 10.0. The monoisotopic (exact) mass is 446 g/mol. The molecule has 7 nitrogen and oxygen atoms in total. The number of pyridine rings is 1. The zero-order valence-electron chi connectivity index (χ0n) is 17.5. The normalized spacial score (nSPS) is 11.6. The van der Waals surface area contributed by atoms with Crippen LogP contribution in [-0.4, -0.2) is 41.0 Å². The standard InChI is InChI=1S/C22H21F3N4O3/c1-12-17-9-16(4-5-19(17)26-10-18(12)21(31)28-32)27-20(30)14-6-13(11-29(2)3)7-15(8-14)22(23,24)25/h4-10,32H,11H2,1-3H3,(H,27,30)(H,28,31). The van der Waals surface area contributed by atoms with Crippen molar-refractivity contribution in [3.63, 3.8) is 0 Å². The first kappa shape index (κ1) is 23.2. The number of anilines is 1. The maximum atomic E-state index is 13.3. The van der Waals surface area contributed by atoms with E-state index >= 15 is 0 Å². The van der Waals surface area contributed by atoms with E-state index in [2.05, 4.69) is 10.3 Å². The number of aromatic nitrogens is 1. The van der Waals surface area contributed by atoms with Crippen molar-refractivity contribution in [3.05, 3.63) is 70.4 Å². The van der Waals surface area contributed by atoms with Crippen molar-refractivity contribution in [3.8, 4) is 0 Å². The van der Waals surface area contributed by atoms with Crippen molar-refractivity contribution >= 4 is 28.4 Å². The molecule has 0 unspecified atom stereocenters. The summed E-state index contributed by atoms with van der Waals surface area (Å²) < 4.78 is 40.0. The number of carbonyl (C=O) groups excluding carboxylic acids is 2. The third-order valence-electron chi connectivity index (χ3n) is 4.82. The number of hydrogen-bond acceptors (Lipinski definition) is 5. The summed E-state index contributed by atoms with van der Waals surface area (Å²) in [7, 11) is 3.44. The average molecular weight is 446 g/mol. The molecule has 0 aliphatic rings. The molecule has 0 atom stereocenters. The fourth-order valence-corrected chi connectivity index (χ4v) is 3.34. The van der Waals surface area contributed by atoms with E-state index in [1.807, 2.05) is 0 Å². The fourth-order valence-electron chi connectivity index (χ4n) is 3.34. The Kier molecular flexibility index (Phi) is 6.47. The van der Waals surface area contributed by atoms with Crippen LogP contribution >= 0.6 is 0 Å². The molecule has 0 bridgehead atoms. The number of nitrogens with zero attached hydrogens (tertiary/aromatic N) is 2. The number of fused-ring (bicyclic) bond motifs is 1. The van der Waals surface area contributed by atoms with Crippen molar-refractivity contribution in [2.75, 3.05) is 19.4 Å². The Morgan fingerprint density at radius 1 is 1.09 bits per heavy atom. The van der Waals surface area contributed by atoms with Crippen molar-refractivity contribution in [2.45, 2.75) is 19.6 Å². The third kappa shape index (κ3) is 5.04. The predicted molar refractivity (Wildman–Crippen MR) is 113 cm³/mol. The number of halogens is 3. The number of nitrogens with one attached hydrogen (secondary N) is 2. The van der Waals surface area contributed by atoms with Crippen LogP contribution in [0.5, 0.6) is 0 Å². The first-order valence-electron chi connectivity index (χ1n) is 9.50. The Balaban J connectivity index is 1.97. The van der Waals surface area contributed by atoms with Crippen LogP contribution in [0.3, 0.4) is 0 Å². The highest BCUT2D eigenvalue weighted by atomic mass is 19.4. The minimum absolute atomic E-state index is 0.125. The smallest absolute Gasteiger partial charge is 0.322 e. The number of hydroxylamine groups is 1. The Hall–Kier alpha value is -3.50. The van der Waals surface area contributed by atoms with Gasteiger partial charge in [-0.2, -0.15) is 13.2 Å². The molecule has 1 heterocycles. The number of amides is 2. The van der Waals surface area contributed by atoms with Crippen molar-refractivity contribution in [1.82, 2.24) is 15.4 Å². The predicted octanol–water partition coefficient (Wildman–Crippen LogP) is 3.99. The molecule has 3 aromatic rings. The van der Waals surface area contributed by atoms with Crippen molar-refractivity contribution in [1.29, 1.82) is 0 Å². The lowest BCUT2D eigenvalue weighted by Gasteiger charge is -2.15. The quantitative estimate of drug-likeness (QED) is 0.407. The van der Waals surface area contributed by atoms with Crippen LogP contribution in [0.15, 0.2) is 42.6 Å². The summed E-state index contributed by atoms with van der Waals surface area (Å²) in [6.45, 7) is 1.89. The fraction of sp³-hybridized carbons (Fsp3) is 0.227. The number of alkyl halides is 3. The van der Waals surface area contributed by atoms with Gasteiger partial charge in [-0.25, -0.2) is 5.48 Å². The van der Waals surface area contributed by atoms with E-state index < -0.39 is 23.6 Å². The second-order valence-electron chi connectivity index (χ2n) is 7.58. The Labute approximate surface area is 181 Å². The summed E-state index contributed by atoms with van der Waals surface area (Å²) in [5.41, 5.74) is 2.40. The summed E-state index contributed by atoms with van der Waals surface area (Å²) in [6.07, 6.45) is -3.27. The van der Waals surface area contributed by atoms with E-state index in [0.717, 1.165) is 12.1 Å². The van der Waals surface area contributed by atoms with Crippen LogP contribution in [0.2, 0.25) is 0 Å². The number of hydrogen-bond donors (Lipinski definition) is 3. The van der Waals surface area contributed by atoms with Gasteiger partial charge in [0.1, 0.15) is 0 Å². The molecule has 32 heavy (non-hydrogen) atoms. The Bertz CT molecular complexity index is 1190. The molecule has 0 saturated heterocycles. The van der Waals surface area contributed by atoms with Crippen LogP contribution in [-0.2, 0) is 12.7 Å². The Morgan fingerprint density at radius 3 is 2.44 bits per heavy atom. The van der Waals surface area contributed by atoms with E-state index in [4.69, 9.17) is 5.21 Å².